The van der Waals surface area contributed by atoms with Crippen LogP contribution >= 0.6 is 15.9 Å². The van der Waals surface area contributed by atoms with E-state index in [2.05, 4.69) is 31.3 Å². The molecule has 100 valence electrons. The van der Waals surface area contributed by atoms with E-state index in [1.54, 1.807) is 20.2 Å². The van der Waals surface area contributed by atoms with Gasteiger partial charge in [0, 0.05) is 17.7 Å². The SMILES string of the molecule is Cc1cc(Br)cnc1NC(=O)c1c(N)c(C)nn1C. The van der Waals surface area contributed by atoms with E-state index in [1.165, 1.54) is 4.68 Å². The number of rotatable bonds is 2. The molecule has 0 aliphatic carbocycles. The highest BCUT2D eigenvalue weighted by Crippen LogP contribution is 2.20. The topological polar surface area (TPSA) is 85.8 Å². The number of halogens is 1. The van der Waals surface area contributed by atoms with Crippen LogP contribution in [0.15, 0.2) is 16.7 Å². The van der Waals surface area contributed by atoms with E-state index < -0.39 is 0 Å². The minimum absolute atomic E-state index is 0.321. The third-order valence-corrected chi connectivity index (χ3v) is 3.19. The molecule has 3 N–H and O–H groups in total. The lowest BCUT2D eigenvalue weighted by Crippen LogP contribution is -2.19. The number of nitrogens with zero attached hydrogens (tertiary/aromatic N) is 3. The number of amides is 1. The van der Waals surface area contributed by atoms with Gasteiger partial charge in [0.05, 0.1) is 11.4 Å². The summed E-state index contributed by atoms with van der Waals surface area (Å²) in [5.74, 6) is 0.185. The summed E-state index contributed by atoms with van der Waals surface area (Å²) in [4.78, 5) is 16.4. The van der Waals surface area contributed by atoms with Crippen LogP contribution in [0.25, 0.3) is 0 Å². The van der Waals surface area contributed by atoms with Gasteiger partial charge in [-0.2, -0.15) is 5.10 Å². The number of hydrogen-bond acceptors (Lipinski definition) is 4. The zero-order chi connectivity index (χ0) is 14.2. The average molecular weight is 324 g/mol. The number of anilines is 2. The van der Waals surface area contributed by atoms with Gasteiger partial charge < -0.3 is 11.1 Å². The molecule has 0 unspecified atom stereocenters. The third kappa shape index (κ3) is 2.60. The van der Waals surface area contributed by atoms with Gasteiger partial charge in [-0.15, -0.1) is 0 Å². The highest BCUT2D eigenvalue weighted by molar-refractivity contribution is 9.10. The average Bonchev–Trinajstić information content (AvgIpc) is 2.57. The van der Waals surface area contributed by atoms with Crippen LogP contribution in [0, 0.1) is 13.8 Å². The lowest BCUT2D eigenvalue weighted by Gasteiger charge is -2.08. The molecule has 0 aliphatic heterocycles. The van der Waals surface area contributed by atoms with Crippen LogP contribution < -0.4 is 11.1 Å². The first-order valence-corrected chi connectivity index (χ1v) is 6.42. The first-order chi connectivity index (χ1) is 8.90. The van der Waals surface area contributed by atoms with Crippen LogP contribution in [-0.2, 0) is 7.05 Å². The van der Waals surface area contributed by atoms with E-state index >= 15 is 0 Å². The van der Waals surface area contributed by atoms with Crippen molar-refractivity contribution >= 4 is 33.3 Å². The van der Waals surface area contributed by atoms with Gasteiger partial charge in [0.2, 0.25) is 0 Å². The number of carbonyl (C=O) groups is 1. The monoisotopic (exact) mass is 323 g/mol. The Kier molecular flexibility index (Phi) is 3.57. The Hall–Kier alpha value is -1.89. The van der Waals surface area contributed by atoms with Gasteiger partial charge in [-0.3, -0.25) is 9.48 Å². The number of nitrogen functional groups attached to an aromatic ring is 1. The van der Waals surface area contributed by atoms with Crippen LogP contribution in [0.4, 0.5) is 11.5 Å². The van der Waals surface area contributed by atoms with Crippen molar-refractivity contribution in [2.75, 3.05) is 11.1 Å². The fraction of sp³-hybridized carbons (Fsp3) is 0.250. The van der Waals surface area contributed by atoms with E-state index in [4.69, 9.17) is 5.73 Å². The number of aromatic nitrogens is 3. The predicted molar refractivity (Wildman–Crippen MR) is 77.0 cm³/mol. The van der Waals surface area contributed by atoms with Crippen molar-refractivity contribution < 1.29 is 4.79 Å². The van der Waals surface area contributed by atoms with Crippen LogP contribution in [0.3, 0.4) is 0 Å². The normalized spacial score (nSPS) is 10.5. The maximum absolute atomic E-state index is 12.2. The summed E-state index contributed by atoms with van der Waals surface area (Å²) >= 11 is 3.32. The summed E-state index contributed by atoms with van der Waals surface area (Å²) in [7, 11) is 1.68. The molecule has 2 rings (SSSR count). The molecule has 0 aliphatic rings. The van der Waals surface area contributed by atoms with Crippen molar-refractivity contribution in [1.29, 1.82) is 0 Å². The molecule has 7 heteroatoms. The molecule has 6 nitrogen and oxygen atoms in total. The molecule has 19 heavy (non-hydrogen) atoms. The van der Waals surface area contributed by atoms with Gasteiger partial charge in [0.15, 0.2) is 0 Å². The molecule has 0 spiro atoms. The second-order valence-corrected chi connectivity index (χ2v) is 5.16. The van der Waals surface area contributed by atoms with Gasteiger partial charge in [0.1, 0.15) is 11.5 Å². The lowest BCUT2D eigenvalue weighted by molar-refractivity contribution is 0.101. The third-order valence-electron chi connectivity index (χ3n) is 2.76. The Morgan fingerprint density at radius 1 is 1.47 bits per heavy atom. The second-order valence-electron chi connectivity index (χ2n) is 4.24. The highest BCUT2D eigenvalue weighted by atomic mass is 79.9. The summed E-state index contributed by atoms with van der Waals surface area (Å²) < 4.78 is 2.33. The highest BCUT2D eigenvalue weighted by Gasteiger charge is 2.18. The number of nitrogens with two attached hydrogens (primary N) is 1. The Morgan fingerprint density at radius 2 is 2.16 bits per heavy atom. The molecule has 0 radical (unpaired) electrons. The minimum atomic E-state index is -0.321. The maximum atomic E-state index is 12.2. The van der Waals surface area contributed by atoms with E-state index in [-0.39, 0.29) is 5.91 Å². The zero-order valence-electron chi connectivity index (χ0n) is 10.9. The first kappa shape index (κ1) is 13.5. The number of nitrogens with one attached hydrogen (secondary N) is 1. The van der Waals surface area contributed by atoms with E-state index in [9.17, 15) is 4.79 Å². The smallest absolute Gasteiger partial charge is 0.277 e. The molecule has 0 fully saturated rings. The molecular weight excluding hydrogens is 310 g/mol. The molecule has 2 heterocycles. The van der Waals surface area contributed by atoms with E-state index in [0.717, 1.165) is 10.0 Å². The van der Waals surface area contributed by atoms with Gasteiger partial charge in [0.25, 0.3) is 5.91 Å². The molecular formula is C12H14BrN5O. The minimum Gasteiger partial charge on any atom is -0.395 e. The first-order valence-electron chi connectivity index (χ1n) is 5.62. The summed E-state index contributed by atoms with van der Waals surface area (Å²) in [6.07, 6.45) is 1.63. The number of carbonyl (C=O) groups excluding carboxylic acids is 1. The van der Waals surface area contributed by atoms with Crippen molar-refractivity contribution in [3.8, 4) is 0 Å². The standard InChI is InChI=1S/C12H14BrN5O/c1-6-4-8(13)5-15-11(6)16-12(19)10-9(14)7(2)17-18(10)3/h4-5H,14H2,1-3H3,(H,15,16,19). The second kappa shape index (κ2) is 5.00. The quantitative estimate of drug-likeness (QED) is 0.885. The fourth-order valence-corrected chi connectivity index (χ4v) is 2.23. The molecule has 1 amide bonds. The van der Waals surface area contributed by atoms with E-state index in [0.29, 0.717) is 22.9 Å². The van der Waals surface area contributed by atoms with Gasteiger partial charge >= 0.3 is 0 Å². The predicted octanol–water partition coefficient (Wildman–Crippen LogP) is 2.03. The fourth-order valence-electron chi connectivity index (χ4n) is 1.78. The molecule has 0 aromatic carbocycles. The molecule has 0 atom stereocenters. The Balaban J connectivity index is 2.31. The lowest BCUT2D eigenvalue weighted by atomic mass is 10.2. The number of hydrogen-bond donors (Lipinski definition) is 2. The summed E-state index contributed by atoms with van der Waals surface area (Å²) in [5, 5.41) is 6.85. The Morgan fingerprint density at radius 3 is 2.68 bits per heavy atom. The zero-order valence-corrected chi connectivity index (χ0v) is 12.4. The van der Waals surface area contributed by atoms with Crippen molar-refractivity contribution in [3.05, 3.63) is 33.7 Å². The van der Waals surface area contributed by atoms with Crippen molar-refractivity contribution in [2.24, 2.45) is 7.05 Å². The van der Waals surface area contributed by atoms with Crippen LogP contribution in [-0.4, -0.2) is 20.7 Å². The molecule has 2 aromatic rings. The van der Waals surface area contributed by atoms with Crippen LogP contribution in [0.2, 0.25) is 0 Å². The molecule has 0 saturated heterocycles. The van der Waals surface area contributed by atoms with Crippen molar-refractivity contribution in [1.82, 2.24) is 14.8 Å². The largest absolute Gasteiger partial charge is 0.395 e. The van der Waals surface area contributed by atoms with Gasteiger partial charge in [-0.05, 0) is 41.4 Å². The van der Waals surface area contributed by atoms with Gasteiger partial charge in [-0.1, -0.05) is 0 Å². The Bertz CT molecular complexity index is 650. The summed E-state index contributed by atoms with van der Waals surface area (Å²) in [5.41, 5.74) is 8.06. The Labute approximate surface area is 119 Å². The summed E-state index contributed by atoms with van der Waals surface area (Å²) in [6, 6.07) is 1.88. The van der Waals surface area contributed by atoms with Crippen molar-refractivity contribution in [3.63, 3.8) is 0 Å². The molecule has 0 bridgehead atoms. The van der Waals surface area contributed by atoms with Crippen LogP contribution in [0.1, 0.15) is 21.7 Å². The number of pyridine rings is 1. The van der Waals surface area contributed by atoms with Gasteiger partial charge in [-0.25, -0.2) is 4.98 Å². The molecule has 2 aromatic heterocycles. The summed E-state index contributed by atoms with van der Waals surface area (Å²) in [6.45, 7) is 3.63. The number of aryl methyl sites for hydroxylation is 3. The van der Waals surface area contributed by atoms with E-state index in [1.807, 2.05) is 13.0 Å². The maximum Gasteiger partial charge on any atom is 0.277 e. The van der Waals surface area contributed by atoms with Crippen LogP contribution in [0.5, 0.6) is 0 Å². The molecule has 0 saturated carbocycles. The van der Waals surface area contributed by atoms with Crippen molar-refractivity contribution in [2.45, 2.75) is 13.8 Å².